The van der Waals surface area contributed by atoms with Gasteiger partial charge in [0.2, 0.25) is 11.9 Å². The van der Waals surface area contributed by atoms with Crippen LogP contribution in [0.15, 0.2) is 36.7 Å². The van der Waals surface area contributed by atoms with Crippen molar-refractivity contribution in [2.75, 3.05) is 36.9 Å². The predicted octanol–water partition coefficient (Wildman–Crippen LogP) is 2.81. The maximum atomic E-state index is 13.1. The van der Waals surface area contributed by atoms with Crippen molar-refractivity contribution in [1.82, 2.24) is 14.9 Å². The lowest BCUT2D eigenvalue weighted by atomic mass is 9.75. The highest BCUT2D eigenvalue weighted by Crippen LogP contribution is 2.46. The number of carbonyl (C=O) groups is 1. The summed E-state index contributed by atoms with van der Waals surface area (Å²) in [5.74, 6) is 0.904. The van der Waals surface area contributed by atoms with E-state index in [9.17, 15) is 4.79 Å². The van der Waals surface area contributed by atoms with Crippen LogP contribution in [0.3, 0.4) is 0 Å². The highest BCUT2D eigenvalue weighted by Gasteiger charge is 2.51. The molecule has 2 aliphatic rings. The van der Waals surface area contributed by atoms with Crippen molar-refractivity contribution in [3.63, 3.8) is 0 Å². The van der Waals surface area contributed by atoms with Crippen LogP contribution in [-0.4, -0.2) is 47.5 Å². The highest BCUT2D eigenvalue weighted by molar-refractivity contribution is 6.08. The molecule has 4 rings (SSSR count). The van der Waals surface area contributed by atoms with E-state index < -0.39 is 5.41 Å². The number of para-hydroxylation sites is 1. The monoisotopic (exact) mass is 365 g/mol. The van der Waals surface area contributed by atoms with E-state index in [2.05, 4.69) is 39.2 Å². The molecule has 1 unspecified atom stereocenters. The molecule has 3 heterocycles. The summed E-state index contributed by atoms with van der Waals surface area (Å²) in [4.78, 5) is 26.2. The number of hydrogen-bond acceptors (Lipinski definition) is 5. The lowest BCUT2D eigenvalue weighted by Gasteiger charge is -2.39. The van der Waals surface area contributed by atoms with E-state index in [1.54, 1.807) is 0 Å². The normalized spacial score (nSPS) is 22.3. The Balaban J connectivity index is 1.51. The molecule has 0 saturated carbocycles. The van der Waals surface area contributed by atoms with Gasteiger partial charge in [-0.25, -0.2) is 9.97 Å². The predicted molar refractivity (Wildman–Crippen MR) is 107 cm³/mol. The highest BCUT2D eigenvalue weighted by atomic mass is 16.2. The first-order valence-electron chi connectivity index (χ1n) is 9.79. The van der Waals surface area contributed by atoms with E-state index >= 15 is 0 Å². The van der Waals surface area contributed by atoms with Gasteiger partial charge in [0.1, 0.15) is 0 Å². The number of nitrogens with zero attached hydrogens (tertiary/aromatic N) is 4. The van der Waals surface area contributed by atoms with Crippen LogP contribution in [0.4, 0.5) is 11.6 Å². The first kappa shape index (κ1) is 17.9. The molecule has 0 radical (unpaired) electrons. The van der Waals surface area contributed by atoms with Crippen LogP contribution in [0.1, 0.15) is 37.3 Å². The summed E-state index contributed by atoms with van der Waals surface area (Å²) in [6.07, 6.45) is 6.77. The second-order valence-electron chi connectivity index (χ2n) is 7.62. The fraction of sp³-hybridized carbons (Fsp3) is 0.476. The summed E-state index contributed by atoms with van der Waals surface area (Å²) in [7, 11) is 1.89. The lowest BCUT2D eigenvalue weighted by Crippen LogP contribution is -2.51. The number of piperidine rings is 1. The molecule has 142 valence electrons. The minimum Gasteiger partial charge on any atom is -0.354 e. The molecule has 2 aromatic rings. The minimum atomic E-state index is -0.410. The fourth-order valence-electron chi connectivity index (χ4n) is 4.41. The van der Waals surface area contributed by atoms with E-state index in [1.165, 1.54) is 5.56 Å². The van der Waals surface area contributed by atoms with E-state index in [1.807, 2.05) is 36.5 Å². The third kappa shape index (κ3) is 3.18. The van der Waals surface area contributed by atoms with Gasteiger partial charge in [-0.3, -0.25) is 9.69 Å². The molecule has 1 amide bonds. The van der Waals surface area contributed by atoms with E-state index in [-0.39, 0.29) is 5.91 Å². The first-order chi connectivity index (χ1) is 13.1. The zero-order valence-corrected chi connectivity index (χ0v) is 16.1. The van der Waals surface area contributed by atoms with Crippen LogP contribution in [-0.2, 0) is 16.8 Å². The van der Waals surface area contributed by atoms with Crippen molar-refractivity contribution in [1.29, 1.82) is 0 Å². The number of fused-ring (bicyclic) bond motifs is 2. The zero-order chi connectivity index (χ0) is 18.9. The number of carbonyl (C=O) groups excluding carboxylic acids is 1. The van der Waals surface area contributed by atoms with Crippen molar-refractivity contribution < 1.29 is 4.79 Å². The van der Waals surface area contributed by atoms with Crippen LogP contribution in [0.2, 0.25) is 0 Å². The fourth-order valence-corrected chi connectivity index (χ4v) is 4.41. The molecule has 2 aliphatic heterocycles. The summed E-state index contributed by atoms with van der Waals surface area (Å²) < 4.78 is 0. The Morgan fingerprint density at radius 2 is 2.00 bits per heavy atom. The standard InChI is InChI=1S/C21H27N5O/c1-3-10-22-20-23-12-16(13-24-20)14-26-11-6-9-21(15-26)17-7-4-5-8-18(17)25(2)19(21)27/h4-5,7-8,12-13H,3,6,9-11,14-15H2,1-2H3,(H,22,23,24). The third-order valence-corrected chi connectivity index (χ3v) is 5.71. The molecule has 27 heavy (non-hydrogen) atoms. The molecule has 1 spiro atoms. The summed E-state index contributed by atoms with van der Waals surface area (Å²) in [5, 5.41) is 3.20. The number of nitrogens with one attached hydrogen (secondary N) is 1. The van der Waals surface area contributed by atoms with Crippen molar-refractivity contribution in [2.24, 2.45) is 0 Å². The Hall–Kier alpha value is -2.47. The minimum absolute atomic E-state index is 0.226. The molecular formula is C21H27N5O. The number of hydrogen-bond donors (Lipinski definition) is 1. The molecule has 1 fully saturated rings. The number of anilines is 2. The number of aromatic nitrogens is 2. The molecule has 6 nitrogen and oxygen atoms in total. The Morgan fingerprint density at radius 3 is 2.78 bits per heavy atom. The Bertz CT molecular complexity index is 822. The van der Waals surface area contributed by atoms with Gasteiger partial charge in [0.25, 0.3) is 0 Å². The zero-order valence-electron chi connectivity index (χ0n) is 16.1. The molecule has 0 aliphatic carbocycles. The van der Waals surface area contributed by atoms with Gasteiger partial charge in [0, 0.05) is 50.3 Å². The van der Waals surface area contributed by atoms with Crippen molar-refractivity contribution in [3.05, 3.63) is 47.8 Å². The van der Waals surface area contributed by atoms with Gasteiger partial charge in [0.15, 0.2) is 0 Å². The largest absolute Gasteiger partial charge is 0.354 e. The van der Waals surface area contributed by atoms with Crippen molar-refractivity contribution in [2.45, 2.75) is 38.1 Å². The molecule has 6 heteroatoms. The number of likely N-dealkylation sites (tertiary alicyclic amines) is 1. The number of amides is 1. The molecule has 0 bridgehead atoms. The summed E-state index contributed by atoms with van der Waals surface area (Å²) in [5.41, 5.74) is 2.91. The van der Waals surface area contributed by atoms with E-state index in [0.29, 0.717) is 5.95 Å². The van der Waals surface area contributed by atoms with Crippen LogP contribution >= 0.6 is 0 Å². The summed E-state index contributed by atoms with van der Waals surface area (Å²) >= 11 is 0. The van der Waals surface area contributed by atoms with Gasteiger partial charge in [-0.05, 0) is 37.4 Å². The molecule has 1 N–H and O–H groups in total. The molecule has 1 atom stereocenters. The SMILES string of the molecule is CCCNc1ncc(CN2CCCC3(C2)C(=O)N(C)c2ccccc23)cn1. The van der Waals surface area contributed by atoms with Gasteiger partial charge in [-0.1, -0.05) is 25.1 Å². The number of likely N-dealkylation sites (N-methyl/N-ethyl adjacent to an activating group) is 1. The average Bonchev–Trinajstić information content (AvgIpc) is 2.90. The Kier molecular flexibility index (Phi) is 4.83. The first-order valence-corrected chi connectivity index (χ1v) is 9.79. The quantitative estimate of drug-likeness (QED) is 0.883. The maximum Gasteiger partial charge on any atom is 0.238 e. The summed E-state index contributed by atoms with van der Waals surface area (Å²) in [6.45, 7) is 5.52. The van der Waals surface area contributed by atoms with Gasteiger partial charge in [-0.2, -0.15) is 0 Å². The maximum absolute atomic E-state index is 13.1. The van der Waals surface area contributed by atoms with Gasteiger partial charge in [-0.15, -0.1) is 0 Å². The molecule has 1 aromatic heterocycles. The van der Waals surface area contributed by atoms with Crippen LogP contribution in [0.5, 0.6) is 0 Å². The van der Waals surface area contributed by atoms with Gasteiger partial charge < -0.3 is 10.2 Å². The Morgan fingerprint density at radius 1 is 1.22 bits per heavy atom. The van der Waals surface area contributed by atoms with E-state index in [0.717, 1.165) is 56.7 Å². The molecular weight excluding hydrogens is 338 g/mol. The second kappa shape index (κ2) is 7.27. The molecule has 1 aromatic carbocycles. The van der Waals surface area contributed by atoms with Gasteiger partial charge >= 0.3 is 0 Å². The van der Waals surface area contributed by atoms with Crippen molar-refractivity contribution in [3.8, 4) is 0 Å². The smallest absolute Gasteiger partial charge is 0.238 e. The average molecular weight is 365 g/mol. The van der Waals surface area contributed by atoms with Crippen molar-refractivity contribution >= 4 is 17.5 Å². The van der Waals surface area contributed by atoms with Crippen LogP contribution in [0.25, 0.3) is 0 Å². The second-order valence-corrected chi connectivity index (χ2v) is 7.62. The Labute approximate surface area is 160 Å². The van der Waals surface area contributed by atoms with E-state index in [4.69, 9.17) is 0 Å². The number of benzene rings is 1. The topological polar surface area (TPSA) is 61.4 Å². The third-order valence-electron chi connectivity index (χ3n) is 5.71. The molecule has 1 saturated heterocycles. The lowest BCUT2D eigenvalue weighted by molar-refractivity contribution is -0.125. The number of rotatable bonds is 5. The van der Waals surface area contributed by atoms with Crippen LogP contribution in [0, 0.1) is 0 Å². The van der Waals surface area contributed by atoms with Gasteiger partial charge in [0.05, 0.1) is 5.41 Å². The summed E-state index contributed by atoms with van der Waals surface area (Å²) in [6, 6.07) is 8.23. The van der Waals surface area contributed by atoms with Crippen LogP contribution < -0.4 is 10.2 Å².